The van der Waals surface area contributed by atoms with Crippen LogP contribution in [0.1, 0.15) is 432 Å². The van der Waals surface area contributed by atoms with Crippen LogP contribution in [0.2, 0.25) is 0 Å². The Hall–Kier alpha value is -2.09. The maximum Gasteiger partial charge on any atom is 0.252 e. The Morgan fingerprint density at radius 1 is 0.241 bits per heavy atom. The highest BCUT2D eigenvalue weighted by Crippen LogP contribution is 2.20. The van der Waals surface area contributed by atoms with Crippen molar-refractivity contribution in [3.63, 3.8) is 0 Å². The molecule has 510 valence electrons. The predicted octanol–water partition coefficient (Wildman–Crippen LogP) is 24.6. The smallest absolute Gasteiger partial charge is 0.252 e. The number of hydrogen-bond donors (Lipinski definition) is 1. The number of unbranched alkanes of at least 4 members (excludes halogenated alkanes) is 48. The van der Waals surface area contributed by atoms with Crippen molar-refractivity contribution in [3.05, 3.63) is 34.9 Å². The van der Waals surface area contributed by atoms with Crippen LogP contribution in [0.4, 0.5) is 0 Å². The van der Waals surface area contributed by atoms with Crippen LogP contribution in [0.15, 0.2) is 18.2 Å². The van der Waals surface area contributed by atoms with E-state index >= 15 is 0 Å². The van der Waals surface area contributed by atoms with Crippen LogP contribution in [-0.2, 0) is 0 Å². The Morgan fingerprint density at radius 3 is 0.644 bits per heavy atom. The average molecular weight is 1220 g/mol. The molecule has 1 rings (SSSR count). The SMILES string of the molecule is CCCCCCCCCCCN(CCCCCCCCCCC)CCC(=O)c1cc(C(=O)CCN(CCCCCCCCCCC)CCCCCCCCCCC)cc(C(=O)NCN(CCCCCCCCCCC)CCCCCCCCCCC)c1. The van der Waals surface area contributed by atoms with Crippen LogP contribution in [0.5, 0.6) is 0 Å². The third-order valence-electron chi connectivity index (χ3n) is 19.1. The quantitative estimate of drug-likeness (QED) is 0.0398. The maximum atomic E-state index is 14.6. The molecular formula is C80H152N4O3. The van der Waals surface area contributed by atoms with Crippen molar-refractivity contribution in [2.75, 3.05) is 59.0 Å². The summed E-state index contributed by atoms with van der Waals surface area (Å²) in [5, 5.41) is 3.34. The summed E-state index contributed by atoms with van der Waals surface area (Å²) in [5.74, 6) is -0.0623. The highest BCUT2D eigenvalue weighted by molar-refractivity contribution is 6.05. The molecule has 87 heavy (non-hydrogen) atoms. The second-order valence-corrected chi connectivity index (χ2v) is 27.6. The van der Waals surface area contributed by atoms with Crippen molar-refractivity contribution in [1.29, 1.82) is 0 Å². The summed E-state index contributed by atoms with van der Waals surface area (Å²) < 4.78 is 0. The van der Waals surface area contributed by atoms with E-state index in [1.807, 2.05) is 18.2 Å². The molecule has 7 heteroatoms. The normalized spacial score (nSPS) is 11.8. The molecule has 1 aromatic carbocycles. The number of nitrogens with one attached hydrogen (secondary N) is 1. The van der Waals surface area contributed by atoms with Crippen molar-refractivity contribution in [1.82, 2.24) is 20.0 Å². The van der Waals surface area contributed by atoms with Gasteiger partial charge in [-0.2, -0.15) is 0 Å². The third-order valence-corrected chi connectivity index (χ3v) is 19.1. The van der Waals surface area contributed by atoms with Crippen molar-refractivity contribution >= 4 is 17.5 Å². The molecule has 0 fully saturated rings. The first-order chi connectivity index (χ1) is 42.8. The largest absolute Gasteiger partial charge is 0.339 e. The van der Waals surface area contributed by atoms with Crippen molar-refractivity contribution in [2.24, 2.45) is 0 Å². The fraction of sp³-hybridized carbons (Fsp3) is 0.887. The molecule has 0 heterocycles. The molecule has 0 atom stereocenters. The van der Waals surface area contributed by atoms with E-state index in [1.165, 1.54) is 334 Å². The van der Waals surface area contributed by atoms with Crippen LogP contribution in [0.3, 0.4) is 0 Å². The van der Waals surface area contributed by atoms with Crippen LogP contribution < -0.4 is 5.32 Å². The number of benzene rings is 1. The molecule has 1 amide bonds. The molecule has 0 saturated carbocycles. The number of carbonyl (C=O) groups excluding carboxylic acids is 3. The zero-order valence-corrected chi connectivity index (χ0v) is 59.8. The molecule has 0 spiro atoms. The van der Waals surface area contributed by atoms with Gasteiger partial charge < -0.3 is 15.1 Å². The third kappa shape index (κ3) is 53.2. The second kappa shape index (κ2) is 65.4. The molecule has 0 unspecified atom stereocenters. The highest BCUT2D eigenvalue weighted by Gasteiger charge is 2.20. The molecule has 0 aliphatic rings. The fourth-order valence-corrected chi connectivity index (χ4v) is 13.0. The lowest BCUT2D eigenvalue weighted by Gasteiger charge is -2.23. The summed E-state index contributed by atoms with van der Waals surface area (Å²) in [4.78, 5) is 51.4. The van der Waals surface area contributed by atoms with E-state index in [4.69, 9.17) is 0 Å². The van der Waals surface area contributed by atoms with E-state index < -0.39 is 0 Å². The van der Waals surface area contributed by atoms with Gasteiger partial charge in [0.1, 0.15) is 0 Å². The number of Topliss-reactive ketones (excluding diaryl/α,β-unsaturated/α-hetero) is 2. The van der Waals surface area contributed by atoms with Gasteiger partial charge in [0.25, 0.3) is 5.91 Å². The van der Waals surface area contributed by atoms with Gasteiger partial charge in [0.15, 0.2) is 11.6 Å². The predicted molar refractivity (Wildman–Crippen MR) is 384 cm³/mol. The van der Waals surface area contributed by atoms with Gasteiger partial charge in [-0.1, -0.05) is 350 Å². The summed E-state index contributed by atoms with van der Waals surface area (Å²) in [6, 6.07) is 5.51. The van der Waals surface area contributed by atoms with Crippen LogP contribution in [0.25, 0.3) is 0 Å². The lowest BCUT2D eigenvalue weighted by Crippen LogP contribution is -2.39. The monoisotopic (exact) mass is 1220 g/mol. The zero-order valence-electron chi connectivity index (χ0n) is 59.8. The Balaban J connectivity index is 3.37. The summed E-state index contributed by atoms with van der Waals surface area (Å²) >= 11 is 0. The maximum absolute atomic E-state index is 14.6. The molecule has 0 aliphatic carbocycles. The molecule has 1 aromatic rings. The van der Waals surface area contributed by atoms with Gasteiger partial charge >= 0.3 is 0 Å². The summed E-state index contributed by atoms with van der Waals surface area (Å²) in [6.07, 6.45) is 71.5. The van der Waals surface area contributed by atoms with Gasteiger partial charge in [-0.15, -0.1) is 0 Å². The number of nitrogens with zero attached hydrogens (tertiary/aromatic N) is 3. The fourth-order valence-electron chi connectivity index (χ4n) is 13.0. The molecule has 1 N–H and O–H groups in total. The molecular weight excluding hydrogens is 1060 g/mol. The first-order valence-electron chi connectivity index (χ1n) is 39.5. The number of hydrogen-bond acceptors (Lipinski definition) is 6. The van der Waals surface area contributed by atoms with E-state index in [9.17, 15) is 14.4 Å². The highest BCUT2D eigenvalue weighted by atomic mass is 16.2. The Kier molecular flexibility index (Phi) is 62.3. The topological polar surface area (TPSA) is 73.0 Å². The van der Waals surface area contributed by atoms with E-state index in [0.717, 1.165) is 65.2 Å². The molecule has 7 nitrogen and oxygen atoms in total. The van der Waals surface area contributed by atoms with E-state index in [1.54, 1.807) is 0 Å². The second-order valence-electron chi connectivity index (χ2n) is 27.6. The van der Waals surface area contributed by atoms with Crippen LogP contribution in [-0.4, -0.2) is 91.2 Å². The van der Waals surface area contributed by atoms with Crippen molar-refractivity contribution in [3.8, 4) is 0 Å². The lowest BCUT2D eigenvalue weighted by molar-refractivity contribution is 0.0920. The Morgan fingerprint density at radius 2 is 0.425 bits per heavy atom. The minimum atomic E-state index is -0.169. The first kappa shape index (κ1) is 82.9. The van der Waals surface area contributed by atoms with Crippen LogP contribution in [0, 0.1) is 0 Å². The first-order valence-corrected chi connectivity index (χ1v) is 39.5. The molecule has 0 aliphatic heterocycles. The van der Waals surface area contributed by atoms with Gasteiger partial charge in [0.05, 0.1) is 6.67 Å². The number of ketones is 2. The number of rotatable bonds is 71. The Labute approximate surface area is 544 Å². The summed E-state index contributed by atoms with van der Waals surface area (Å²) in [7, 11) is 0. The molecule has 0 bridgehead atoms. The van der Waals surface area contributed by atoms with Gasteiger partial charge in [-0.05, 0) is 96.0 Å². The van der Waals surface area contributed by atoms with E-state index in [2.05, 4.69) is 61.6 Å². The van der Waals surface area contributed by atoms with Crippen molar-refractivity contribution in [2.45, 2.75) is 401 Å². The number of carbonyl (C=O) groups is 3. The molecule has 0 radical (unpaired) electrons. The minimum Gasteiger partial charge on any atom is -0.339 e. The zero-order chi connectivity index (χ0) is 63.0. The van der Waals surface area contributed by atoms with Crippen molar-refractivity contribution < 1.29 is 14.4 Å². The summed E-state index contributed by atoms with van der Waals surface area (Å²) in [5.41, 5.74) is 1.51. The Bertz CT molecular complexity index is 1370. The minimum absolute atomic E-state index is 0.0533. The van der Waals surface area contributed by atoms with Gasteiger partial charge in [0.2, 0.25) is 0 Å². The summed E-state index contributed by atoms with van der Waals surface area (Å²) in [6.45, 7) is 21.8. The number of amides is 1. The van der Waals surface area contributed by atoms with Gasteiger partial charge in [0, 0.05) is 42.6 Å². The molecule has 0 saturated heterocycles. The average Bonchev–Trinajstić information content (AvgIpc) is 3.56. The van der Waals surface area contributed by atoms with Gasteiger partial charge in [-0.3, -0.25) is 19.3 Å². The van der Waals surface area contributed by atoms with E-state index in [-0.39, 0.29) is 17.5 Å². The standard InChI is InChI=1S/C80H152N4O3/c1-7-13-19-25-31-37-43-49-55-63-82(64-56-50-44-38-32-26-20-14-8-2)69-61-78(85)75-71-76(79(86)62-70-83(65-57-51-45-39-33-27-21-15-9-3)66-58-52-46-40-34-28-22-16-10-4)73-77(72-75)80(87)81-74-84(67-59-53-47-41-35-29-23-17-11-5)68-60-54-48-42-36-30-24-18-12-6/h71-73H,7-70,74H2,1-6H3,(H,81,87). The lowest BCUT2D eigenvalue weighted by atomic mass is 9.97. The van der Waals surface area contributed by atoms with E-state index in [0.29, 0.717) is 36.2 Å². The van der Waals surface area contributed by atoms with Gasteiger partial charge in [-0.25, -0.2) is 0 Å². The van der Waals surface area contributed by atoms with Crippen LogP contribution >= 0.6 is 0 Å². The molecule has 0 aromatic heterocycles.